The number of thiophene rings is 1. The number of non-ortho nitro benzene ring substituents is 1. The Morgan fingerprint density at radius 3 is 2.43 bits per heavy atom. The molecule has 0 aliphatic heterocycles. The summed E-state index contributed by atoms with van der Waals surface area (Å²) in [7, 11) is 1.62. The van der Waals surface area contributed by atoms with E-state index in [1.54, 1.807) is 14.0 Å². The van der Waals surface area contributed by atoms with Crippen LogP contribution in [0.15, 0.2) is 17.5 Å². The van der Waals surface area contributed by atoms with Crippen LogP contribution in [0.4, 0.5) is 5.69 Å². The van der Waals surface area contributed by atoms with Crippen LogP contribution in [0.2, 0.25) is 5.02 Å². The van der Waals surface area contributed by atoms with Gasteiger partial charge in [0.25, 0.3) is 5.69 Å². The molecule has 0 bridgehead atoms. The molecule has 124 valence electrons. The van der Waals surface area contributed by atoms with Gasteiger partial charge < -0.3 is 9.47 Å². The van der Waals surface area contributed by atoms with Gasteiger partial charge in [-0.3, -0.25) is 10.1 Å². The van der Waals surface area contributed by atoms with Crippen molar-refractivity contribution < 1.29 is 14.4 Å². The lowest BCUT2D eigenvalue weighted by atomic mass is 9.88. The maximum Gasteiger partial charge on any atom is 0.271 e. The third-order valence-corrected chi connectivity index (χ3v) is 4.43. The van der Waals surface area contributed by atoms with Gasteiger partial charge in [0.05, 0.1) is 22.6 Å². The molecule has 7 heteroatoms. The van der Waals surface area contributed by atoms with Gasteiger partial charge in [-0.2, -0.15) is 0 Å². The molecule has 1 heterocycles. The zero-order valence-corrected chi connectivity index (χ0v) is 15.2. The quantitative estimate of drug-likeness (QED) is 0.520. The number of nitro benzene ring substituents is 1. The lowest BCUT2D eigenvalue weighted by Gasteiger charge is -2.21. The van der Waals surface area contributed by atoms with Gasteiger partial charge in [0.15, 0.2) is 10.8 Å². The third kappa shape index (κ3) is 3.59. The fraction of sp³-hybridized carbons (Fsp3) is 0.375. The van der Waals surface area contributed by atoms with Gasteiger partial charge in [0, 0.05) is 23.1 Å². The molecule has 5 nitrogen and oxygen atoms in total. The highest BCUT2D eigenvalue weighted by Crippen LogP contribution is 2.47. The molecular weight excluding hydrogens is 338 g/mol. The van der Waals surface area contributed by atoms with Gasteiger partial charge in [-0.05, 0) is 12.3 Å². The summed E-state index contributed by atoms with van der Waals surface area (Å²) in [4.78, 5) is 10.4. The molecule has 2 rings (SSSR count). The van der Waals surface area contributed by atoms with Crippen LogP contribution in [-0.2, 0) is 5.41 Å². The minimum absolute atomic E-state index is 0.0559. The van der Waals surface area contributed by atoms with Crippen LogP contribution in [0.1, 0.15) is 31.9 Å². The summed E-state index contributed by atoms with van der Waals surface area (Å²) >= 11 is 7.59. The molecule has 0 aliphatic carbocycles. The largest absolute Gasteiger partial charge is 0.495 e. The van der Waals surface area contributed by atoms with E-state index >= 15 is 0 Å². The van der Waals surface area contributed by atoms with Crippen molar-refractivity contribution in [3.63, 3.8) is 0 Å². The molecule has 0 N–H and O–H groups in total. The van der Waals surface area contributed by atoms with E-state index in [2.05, 4.69) is 20.8 Å². The van der Waals surface area contributed by atoms with Crippen molar-refractivity contribution in [3.05, 3.63) is 43.8 Å². The number of aryl methyl sites for hydroxylation is 1. The van der Waals surface area contributed by atoms with E-state index in [0.717, 1.165) is 11.3 Å². The van der Waals surface area contributed by atoms with Crippen molar-refractivity contribution >= 4 is 28.6 Å². The number of hydrogen-bond donors (Lipinski definition) is 0. The Hall–Kier alpha value is -1.79. The minimum Gasteiger partial charge on any atom is -0.495 e. The average Bonchev–Trinajstić information content (AvgIpc) is 2.85. The molecule has 0 spiro atoms. The second-order valence-electron chi connectivity index (χ2n) is 6.15. The van der Waals surface area contributed by atoms with Gasteiger partial charge in [0.1, 0.15) is 5.75 Å². The SMILES string of the molecule is COc1csc(Oc2c(C)cc([N+](=O)[O-])cc2Cl)c1C(C)(C)C. The Morgan fingerprint density at radius 1 is 1.30 bits per heavy atom. The molecular formula is C16H18ClNO4S. The van der Waals surface area contributed by atoms with Gasteiger partial charge in [-0.25, -0.2) is 0 Å². The lowest BCUT2D eigenvalue weighted by Crippen LogP contribution is -2.12. The first-order chi connectivity index (χ1) is 10.6. The summed E-state index contributed by atoms with van der Waals surface area (Å²) < 4.78 is 11.4. The molecule has 0 fully saturated rings. The van der Waals surface area contributed by atoms with Crippen LogP contribution < -0.4 is 9.47 Å². The van der Waals surface area contributed by atoms with Crippen LogP contribution in [-0.4, -0.2) is 12.0 Å². The number of rotatable bonds is 4. The highest BCUT2D eigenvalue weighted by atomic mass is 35.5. The van der Waals surface area contributed by atoms with Crippen molar-refractivity contribution in [1.82, 2.24) is 0 Å². The zero-order valence-electron chi connectivity index (χ0n) is 13.6. The van der Waals surface area contributed by atoms with E-state index < -0.39 is 4.92 Å². The molecule has 2 aromatic rings. The lowest BCUT2D eigenvalue weighted by molar-refractivity contribution is -0.384. The first-order valence-corrected chi connectivity index (χ1v) is 8.19. The van der Waals surface area contributed by atoms with Gasteiger partial charge >= 0.3 is 0 Å². The number of hydrogen-bond acceptors (Lipinski definition) is 5. The predicted molar refractivity (Wildman–Crippen MR) is 92.5 cm³/mol. The normalized spacial score (nSPS) is 11.4. The summed E-state index contributed by atoms with van der Waals surface area (Å²) in [6, 6.07) is 2.74. The Bertz CT molecular complexity index is 726. The topological polar surface area (TPSA) is 61.6 Å². The Balaban J connectivity index is 2.49. The monoisotopic (exact) mass is 355 g/mol. The Labute approximate surface area is 144 Å². The molecule has 0 saturated carbocycles. The number of ether oxygens (including phenoxy) is 2. The van der Waals surface area contributed by atoms with Crippen molar-refractivity contribution in [2.24, 2.45) is 0 Å². The second-order valence-corrected chi connectivity index (χ2v) is 7.40. The molecule has 1 aromatic carbocycles. The third-order valence-electron chi connectivity index (χ3n) is 3.31. The van der Waals surface area contributed by atoms with E-state index in [-0.39, 0.29) is 16.1 Å². The summed E-state index contributed by atoms with van der Waals surface area (Å²) in [6.07, 6.45) is 0. The molecule has 0 radical (unpaired) electrons. The number of benzene rings is 1. The predicted octanol–water partition coefficient (Wildman–Crippen LogP) is 5.72. The van der Waals surface area contributed by atoms with Gasteiger partial charge in [0.2, 0.25) is 0 Å². The number of nitrogens with zero attached hydrogens (tertiary/aromatic N) is 1. The highest BCUT2D eigenvalue weighted by Gasteiger charge is 2.27. The maximum atomic E-state index is 10.9. The van der Waals surface area contributed by atoms with Crippen LogP contribution in [0.5, 0.6) is 16.6 Å². The molecule has 0 saturated heterocycles. The molecule has 0 unspecified atom stereocenters. The smallest absolute Gasteiger partial charge is 0.271 e. The summed E-state index contributed by atoms with van der Waals surface area (Å²) in [5, 5.41) is 13.7. The number of nitro groups is 1. The van der Waals surface area contributed by atoms with Gasteiger partial charge in [-0.1, -0.05) is 32.4 Å². The van der Waals surface area contributed by atoms with Crippen LogP contribution in [0, 0.1) is 17.0 Å². The van der Waals surface area contributed by atoms with E-state index in [1.807, 2.05) is 5.38 Å². The zero-order chi connectivity index (χ0) is 17.4. The van der Waals surface area contributed by atoms with Crippen molar-refractivity contribution in [2.75, 3.05) is 7.11 Å². The summed E-state index contributed by atoms with van der Waals surface area (Å²) in [6.45, 7) is 7.92. The molecule has 0 amide bonds. The standard InChI is InChI=1S/C16H18ClNO4S/c1-9-6-10(18(19)20)7-11(17)14(9)22-15-13(16(2,3)4)12(21-5)8-23-15/h6-8H,1-5H3. The Morgan fingerprint density at radius 2 is 1.96 bits per heavy atom. The number of halogens is 1. The van der Waals surface area contributed by atoms with Crippen molar-refractivity contribution in [3.8, 4) is 16.6 Å². The maximum absolute atomic E-state index is 10.9. The first-order valence-electron chi connectivity index (χ1n) is 6.93. The van der Waals surface area contributed by atoms with Crippen LogP contribution in [0.25, 0.3) is 0 Å². The molecule has 1 aromatic heterocycles. The summed E-state index contributed by atoms with van der Waals surface area (Å²) in [5.74, 6) is 1.18. The van der Waals surface area contributed by atoms with E-state index in [0.29, 0.717) is 16.4 Å². The second kappa shape index (κ2) is 6.37. The minimum atomic E-state index is -0.475. The van der Waals surface area contributed by atoms with Crippen molar-refractivity contribution in [1.29, 1.82) is 0 Å². The first kappa shape index (κ1) is 17.6. The van der Waals surface area contributed by atoms with Crippen LogP contribution >= 0.6 is 22.9 Å². The molecule has 0 atom stereocenters. The molecule has 0 aliphatic rings. The van der Waals surface area contributed by atoms with E-state index in [9.17, 15) is 10.1 Å². The molecule has 23 heavy (non-hydrogen) atoms. The van der Waals surface area contributed by atoms with Crippen LogP contribution in [0.3, 0.4) is 0 Å². The summed E-state index contributed by atoms with van der Waals surface area (Å²) in [5.41, 5.74) is 1.32. The van der Waals surface area contributed by atoms with Crippen molar-refractivity contribution in [2.45, 2.75) is 33.1 Å². The number of methoxy groups -OCH3 is 1. The van der Waals surface area contributed by atoms with Gasteiger partial charge in [-0.15, -0.1) is 11.3 Å². The highest BCUT2D eigenvalue weighted by molar-refractivity contribution is 7.12. The fourth-order valence-electron chi connectivity index (χ4n) is 2.27. The average molecular weight is 356 g/mol. The van der Waals surface area contributed by atoms with E-state index in [4.69, 9.17) is 21.1 Å². The fourth-order valence-corrected chi connectivity index (χ4v) is 3.65. The van der Waals surface area contributed by atoms with E-state index in [1.165, 1.54) is 23.5 Å². The Kier molecular flexibility index (Phi) is 4.87.